The quantitative estimate of drug-likeness (QED) is 0.0738. The summed E-state index contributed by atoms with van der Waals surface area (Å²) >= 11 is 0. The van der Waals surface area contributed by atoms with Gasteiger partial charge in [0.15, 0.2) is 11.6 Å². The van der Waals surface area contributed by atoms with Crippen molar-refractivity contribution in [3.8, 4) is 12.3 Å². The largest absolute Gasteiger partial charge is 0.481 e. The second kappa shape index (κ2) is 18.6. The molecule has 5 atom stereocenters. The number of amides is 4. The zero-order chi connectivity index (χ0) is 33.4. The molecule has 0 spiro atoms. The summed E-state index contributed by atoms with van der Waals surface area (Å²) in [6, 6.07) is -4.13. The maximum Gasteiger partial charge on any atom is 0.305 e. The Morgan fingerprint density at radius 2 is 1.26 bits per heavy atom. The fraction of sp³-hybridized carbons (Fsp3) is 0.593. The van der Waals surface area contributed by atoms with Gasteiger partial charge in [0.1, 0.15) is 6.04 Å². The average Bonchev–Trinajstić information content (AvgIpc) is 2.86. The molecule has 238 valence electrons. The molecule has 0 saturated carbocycles. The lowest BCUT2D eigenvalue weighted by atomic mass is 9.88. The summed E-state index contributed by atoms with van der Waals surface area (Å²) in [5.74, 6) is -10.7. The second-order valence-electron chi connectivity index (χ2n) is 10.2. The Hall–Kier alpha value is -4.81. The molecule has 0 aromatic heterocycles. The Balaban J connectivity index is 6.00. The van der Waals surface area contributed by atoms with E-state index in [2.05, 4.69) is 21.9 Å². The van der Waals surface area contributed by atoms with Gasteiger partial charge in [0.25, 0.3) is 0 Å². The molecular weight excluding hydrogens is 572 g/mol. The molecular formula is C27H38N4O12. The van der Waals surface area contributed by atoms with Gasteiger partial charge in [-0.25, -0.2) is 0 Å². The normalized spacial score (nSPS) is 14.1. The van der Waals surface area contributed by atoms with E-state index in [-0.39, 0.29) is 12.8 Å². The van der Waals surface area contributed by atoms with Gasteiger partial charge in [-0.15, -0.1) is 12.3 Å². The van der Waals surface area contributed by atoms with E-state index in [4.69, 9.17) is 22.4 Å². The van der Waals surface area contributed by atoms with Gasteiger partial charge in [0.05, 0.1) is 30.8 Å². The highest BCUT2D eigenvalue weighted by Gasteiger charge is 2.35. The summed E-state index contributed by atoms with van der Waals surface area (Å²) in [6.45, 7) is 4.11. The minimum absolute atomic E-state index is 0.287. The van der Waals surface area contributed by atoms with E-state index in [0.29, 0.717) is 0 Å². The van der Waals surface area contributed by atoms with E-state index in [1.165, 1.54) is 13.8 Å². The molecule has 4 amide bonds. The molecule has 1 unspecified atom stereocenters. The summed E-state index contributed by atoms with van der Waals surface area (Å²) in [5.41, 5.74) is 5.20. The highest BCUT2D eigenvalue weighted by molar-refractivity contribution is 5.97. The van der Waals surface area contributed by atoms with Crippen molar-refractivity contribution in [3.63, 3.8) is 0 Å². The highest BCUT2D eigenvalue weighted by atomic mass is 16.4. The number of carbonyl (C=O) groups excluding carboxylic acids is 6. The number of nitrogens with two attached hydrogens (primary N) is 1. The van der Waals surface area contributed by atoms with E-state index >= 15 is 0 Å². The Morgan fingerprint density at radius 1 is 0.721 bits per heavy atom. The lowest BCUT2D eigenvalue weighted by Crippen LogP contribution is -2.50. The minimum atomic E-state index is -1.49. The van der Waals surface area contributed by atoms with Crippen molar-refractivity contribution in [2.75, 3.05) is 0 Å². The van der Waals surface area contributed by atoms with Crippen LogP contribution in [0.3, 0.4) is 0 Å². The van der Waals surface area contributed by atoms with Crippen molar-refractivity contribution in [2.24, 2.45) is 23.5 Å². The molecule has 0 aliphatic rings. The van der Waals surface area contributed by atoms with E-state index < -0.39 is 121 Å². The van der Waals surface area contributed by atoms with Crippen LogP contribution < -0.4 is 21.7 Å². The van der Waals surface area contributed by atoms with Gasteiger partial charge in [-0.2, -0.15) is 0 Å². The molecule has 16 nitrogen and oxygen atoms in total. The van der Waals surface area contributed by atoms with Crippen molar-refractivity contribution in [3.05, 3.63) is 0 Å². The number of carboxylic acids is 3. The molecule has 0 radical (unpaired) electrons. The molecule has 0 bridgehead atoms. The highest BCUT2D eigenvalue weighted by Crippen LogP contribution is 2.19. The van der Waals surface area contributed by atoms with E-state index in [1.807, 2.05) is 0 Å². The molecule has 16 heteroatoms. The van der Waals surface area contributed by atoms with Gasteiger partial charge < -0.3 is 37.0 Å². The Kier molecular flexibility index (Phi) is 16.5. The third kappa shape index (κ3) is 15.1. The lowest BCUT2D eigenvalue weighted by molar-refractivity contribution is -0.143. The van der Waals surface area contributed by atoms with Gasteiger partial charge in [-0.05, 0) is 12.3 Å². The molecule has 43 heavy (non-hydrogen) atoms. The standard InChI is InChI=1S/C27H38N4O12/c1-5-6-17(25(28)41)30-27(43)16(11-22(37)38)10-20(34)24(13(2)3)31-26(42)15(7-8-21(35)36)9-19(33)18(12-23(39)40)29-14(4)32/h1,13,15-18,24H,6-12H2,2-4H3,(H2,28,41)(H,29,32)(H,30,43)(H,31,42)(H,35,36)(H,37,38)(H,39,40)/t15-,16+,17+,18+,24?/m0/s1. The fourth-order valence-corrected chi connectivity index (χ4v) is 4.03. The third-order valence-electron chi connectivity index (χ3n) is 6.20. The molecule has 0 rings (SSSR count). The van der Waals surface area contributed by atoms with Crippen molar-refractivity contribution < 1.29 is 58.5 Å². The molecule has 0 fully saturated rings. The van der Waals surface area contributed by atoms with E-state index in [0.717, 1.165) is 6.92 Å². The van der Waals surface area contributed by atoms with Crippen LogP contribution in [0.25, 0.3) is 0 Å². The number of ketones is 2. The van der Waals surface area contributed by atoms with Crippen LogP contribution in [0, 0.1) is 30.1 Å². The van der Waals surface area contributed by atoms with Crippen LogP contribution in [0.5, 0.6) is 0 Å². The predicted molar refractivity (Wildman–Crippen MR) is 147 cm³/mol. The number of hydrogen-bond donors (Lipinski definition) is 7. The number of primary amides is 1. The first-order valence-corrected chi connectivity index (χ1v) is 13.2. The minimum Gasteiger partial charge on any atom is -0.481 e. The summed E-state index contributed by atoms with van der Waals surface area (Å²) in [6.07, 6.45) is 0.975. The molecule has 0 saturated heterocycles. The molecule has 0 aliphatic carbocycles. The molecule has 0 heterocycles. The number of Topliss-reactive ketones (excluding diaryl/α,β-unsaturated/α-hetero) is 2. The van der Waals surface area contributed by atoms with Crippen molar-refractivity contribution in [1.29, 1.82) is 0 Å². The summed E-state index contributed by atoms with van der Waals surface area (Å²) in [5, 5.41) is 34.3. The first-order chi connectivity index (χ1) is 19.9. The number of nitrogens with one attached hydrogen (secondary N) is 3. The van der Waals surface area contributed by atoms with Crippen LogP contribution >= 0.6 is 0 Å². The average molecular weight is 611 g/mol. The van der Waals surface area contributed by atoms with Crippen LogP contribution in [0.1, 0.15) is 65.7 Å². The van der Waals surface area contributed by atoms with Crippen molar-refractivity contribution in [2.45, 2.75) is 83.8 Å². The van der Waals surface area contributed by atoms with Gasteiger partial charge in [-0.1, -0.05) is 13.8 Å². The maximum atomic E-state index is 13.2. The summed E-state index contributed by atoms with van der Waals surface area (Å²) < 4.78 is 0. The Labute approximate surface area is 247 Å². The SMILES string of the molecule is C#CC[C@@H](NC(=O)[C@@H](CC(=O)O)CC(=O)C(NC(=O)[C@@H](CCC(=O)O)CC(=O)[C@@H](CC(=O)O)NC(C)=O)C(C)C)C(N)=O. The second-order valence-corrected chi connectivity index (χ2v) is 10.2. The van der Waals surface area contributed by atoms with Crippen molar-refractivity contribution in [1.82, 2.24) is 16.0 Å². The van der Waals surface area contributed by atoms with Crippen LogP contribution in [-0.2, 0) is 43.2 Å². The first-order valence-electron chi connectivity index (χ1n) is 13.2. The molecule has 8 N–H and O–H groups in total. The van der Waals surface area contributed by atoms with Gasteiger partial charge in [0.2, 0.25) is 23.6 Å². The summed E-state index contributed by atoms with van der Waals surface area (Å²) in [7, 11) is 0. The molecule has 0 aromatic rings. The monoisotopic (exact) mass is 610 g/mol. The molecule has 0 aromatic carbocycles. The third-order valence-corrected chi connectivity index (χ3v) is 6.20. The maximum absolute atomic E-state index is 13.2. The smallest absolute Gasteiger partial charge is 0.305 e. The summed E-state index contributed by atoms with van der Waals surface area (Å²) in [4.78, 5) is 109. The van der Waals surface area contributed by atoms with Crippen molar-refractivity contribution >= 4 is 53.1 Å². The van der Waals surface area contributed by atoms with Gasteiger partial charge >= 0.3 is 17.9 Å². The number of carbonyl (C=O) groups is 9. The van der Waals surface area contributed by atoms with Crippen LogP contribution in [0.4, 0.5) is 0 Å². The number of carboxylic acid groups (broad SMARTS) is 3. The number of rotatable bonds is 21. The van der Waals surface area contributed by atoms with Crippen LogP contribution in [0.15, 0.2) is 0 Å². The first kappa shape index (κ1) is 38.2. The zero-order valence-electron chi connectivity index (χ0n) is 24.1. The fourth-order valence-electron chi connectivity index (χ4n) is 4.03. The lowest BCUT2D eigenvalue weighted by Gasteiger charge is -2.26. The predicted octanol–water partition coefficient (Wildman–Crippen LogP) is -1.41. The number of hydrogen-bond acceptors (Lipinski definition) is 9. The molecule has 0 aliphatic heterocycles. The van der Waals surface area contributed by atoms with Crippen LogP contribution in [0.2, 0.25) is 0 Å². The van der Waals surface area contributed by atoms with Gasteiger partial charge in [0, 0.05) is 38.5 Å². The van der Waals surface area contributed by atoms with E-state index in [1.54, 1.807) is 0 Å². The van der Waals surface area contributed by atoms with E-state index in [9.17, 15) is 48.3 Å². The number of terminal acetylenes is 1. The Morgan fingerprint density at radius 3 is 1.70 bits per heavy atom. The number of aliphatic carboxylic acids is 3. The zero-order valence-corrected chi connectivity index (χ0v) is 24.1. The topological polar surface area (TPSA) is 276 Å². The van der Waals surface area contributed by atoms with Gasteiger partial charge in [-0.3, -0.25) is 43.2 Å². The Bertz CT molecular complexity index is 1130. The van der Waals surface area contributed by atoms with Crippen LogP contribution in [-0.4, -0.2) is 86.5 Å².